The number of piperidine rings is 1. The van der Waals surface area contributed by atoms with E-state index in [0.29, 0.717) is 6.54 Å². The zero-order chi connectivity index (χ0) is 14.4. The van der Waals surface area contributed by atoms with Crippen LogP contribution in [-0.2, 0) is 6.42 Å². The molecule has 0 saturated carbocycles. The quantitative estimate of drug-likeness (QED) is 0.836. The fourth-order valence-electron chi connectivity index (χ4n) is 3.26. The number of benzene rings is 1. The lowest BCUT2D eigenvalue weighted by atomic mass is 9.73. The molecule has 3 heteroatoms. The highest BCUT2D eigenvalue weighted by Crippen LogP contribution is 2.35. The highest BCUT2D eigenvalue weighted by Gasteiger charge is 2.40. The summed E-state index contributed by atoms with van der Waals surface area (Å²) in [5, 5.41) is 20.1. The third kappa shape index (κ3) is 3.60. The molecule has 0 aliphatic carbocycles. The lowest BCUT2D eigenvalue weighted by Gasteiger charge is -2.44. The van der Waals surface area contributed by atoms with Gasteiger partial charge < -0.3 is 15.1 Å². The van der Waals surface area contributed by atoms with Gasteiger partial charge in [-0.05, 0) is 31.4 Å². The summed E-state index contributed by atoms with van der Waals surface area (Å²) in [6.07, 6.45) is 3.44. The maximum absolute atomic E-state index is 10.4. The van der Waals surface area contributed by atoms with Crippen LogP contribution in [0.3, 0.4) is 0 Å². The standard InChI is InChI=1S/C17H27NO2/c1-2-9-17(14-19)10-12-18(13-16(17)20)11-8-15-6-4-3-5-7-15/h3-7,16,19-20H,2,8-14H2,1H3/t16-,17-/m1/s1. The van der Waals surface area contributed by atoms with Crippen molar-refractivity contribution < 1.29 is 10.2 Å². The molecule has 0 radical (unpaired) electrons. The second kappa shape index (κ2) is 7.21. The average Bonchev–Trinajstić information content (AvgIpc) is 2.49. The lowest BCUT2D eigenvalue weighted by molar-refractivity contribution is -0.0781. The van der Waals surface area contributed by atoms with Crippen molar-refractivity contribution in [2.24, 2.45) is 5.41 Å². The van der Waals surface area contributed by atoms with E-state index < -0.39 is 6.10 Å². The summed E-state index contributed by atoms with van der Waals surface area (Å²) >= 11 is 0. The van der Waals surface area contributed by atoms with E-state index >= 15 is 0 Å². The Morgan fingerprint density at radius 2 is 2.05 bits per heavy atom. The van der Waals surface area contributed by atoms with Crippen LogP contribution in [0.5, 0.6) is 0 Å². The summed E-state index contributed by atoms with van der Waals surface area (Å²) in [7, 11) is 0. The van der Waals surface area contributed by atoms with Crippen LogP contribution in [0.4, 0.5) is 0 Å². The minimum Gasteiger partial charge on any atom is -0.396 e. The molecule has 3 nitrogen and oxygen atoms in total. The second-order valence-corrected chi connectivity index (χ2v) is 6.07. The van der Waals surface area contributed by atoms with E-state index in [2.05, 4.69) is 36.1 Å². The van der Waals surface area contributed by atoms with Crippen LogP contribution < -0.4 is 0 Å². The first kappa shape index (κ1) is 15.5. The van der Waals surface area contributed by atoms with E-state index in [1.165, 1.54) is 5.56 Å². The maximum Gasteiger partial charge on any atom is 0.0745 e. The molecule has 112 valence electrons. The summed E-state index contributed by atoms with van der Waals surface area (Å²) in [4.78, 5) is 2.32. The first-order valence-corrected chi connectivity index (χ1v) is 7.75. The van der Waals surface area contributed by atoms with Gasteiger partial charge in [-0.15, -0.1) is 0 Å². The number of β-amino-alcohol motifs (C(OH)–C–C–N with tert-alkyl or cyclic N) is 1. The monoisotopic (exact) mass is 277 g/mol. The van der Waals surface area contributed by atoms with Crippen LogP contribution in [0.2, 0.25) is 0 Å². The fourth-order valence-corrected chi connectivity index (χ4v) is 3.26. The zero-order valence-electron chi connectivity index (χ0n) is 12.5. The van der Waals surface area contributed by atoms with E-state index in [4.69, 9.17) is 0 Å². The molecule has 0 bridgehead atoms. The Morgan fingerprint density at radius 3 is 2.65 bits per heavy atom. The maximum atomic E-state index is 10.4. The number of rotatable bonds is 6. The Morgan fingerprint density at radius 1 is 1.30 bits per heavy atom. The third-order valence-corrected chi connectivity index (χ3v) is 4.69. The summed E-state index contributed by atoms with van der Waals surface area (Å²) in [5.74, 6) is 0. The SMILES string of the molecule is CCC[C@]1(CO)CCN(CCc2ccccc2)C[C@H]1O. The van der Waals surface area contributed by atoms with Crippen LogP contribution in [-0.4, -0.2) is 47.5 Å². The predicted octanol–water partition coefficient (Wildman–Crippen LogP) is 2.07. The highest BCUT2D eigenvalue weighted by atomic mass is 16.3. The van der Waals surface area contributed by atoms with E-state index in [9.17, 15) is 10.2 Å². The molecule has 1 saturated heterocycles. The van der Waals surface area contributed by atoms with Gasteiger partial charge in [0.25, 0.3) is 0 Å². The third-order valence-electron chi connectivity index (χ3n) is 4.69. The molecule has 2 atom stereocenters. The van der Waals surface area contributed by atoms with Crippen LogP contribution in [0.25, 0.3) is 0 Å². The minimum atomic E-state index is -0.406. The fraction of sp³-hybridized carbons (Fsp3) is 0.647. The van der Waals surface area contributed by atoms with Crippen molar-refractivity contribution in [1.82, 2.24) is 4.90 Å². The Bertz CT molecular complexity index is 395. The number of aliphatic hydroxyl groups is 2. The predicted molar refractivity (Wildman–Crippen MR) is 81.6 cm³/mol. The molecule has 2 N–H and O–H groups in total. The Kier molecular flexibility index (Phi) is 5.58. The van der Waals surface area contributed by atoms with Gasteiger partial charge >= 0.3 is 0 Å². The number of nitrogens with zero attached hydrogens (tertiary/aromatic N) is 1. The highest BCUT2D eigenvalue weighted by molar-refractivity contribution is 5.15. The molecule has 1 fully saturated rings. The molecule has 0 spiro atoms. The molecule has 1 aliphatic heterocycles. The van der Waals surface area contributed by atoms with Gasteiger partial charge in [-0.3, -0.25) is 0 Å². The normalized spacial score (nSPS) is 27.6. The van der Waals surface area contributed by atoms with Gasteiger partial charge in [0.1, 0.15) is 0 Å². The van der Waals surface area contributed by atoms with Crippen molar-refractivity contribution >= 4 is 0 Å². The van der Waals surface area contributed by atoms with Crippen molar-refractivity contribution in [1.29, 1.82) is 0 Å². The van der Waals surface area contributed by atoms with Gasteiger partial charge in [-0.1, -0.05) is 43.7 Å². The Hall–Kier alpha value is -0.900. The Balaban J connectivity index is 1.86. The average molecular weight is 277 g/mol. The first-order valence-electron chi connectivity index (χ1n) is 7.75. The van der Waals surface area contributed by atoms with Gasteiger partial charge in [0, 0.05) is 18.5 Å². The summed E-state index contributed by atoms with van der Waals surface area (Å²) in [5.41, 5.74) is 1.08. The number of likely N-dealkylation sites (tertiary alicyclic amines) is 1. The molecule has 1 aromatic carbocycles. The molecule has 20 heavy (non-hydrogen) atoms. The number of hydrogen-bond donors (Lipinski definition) is 2. The molecular formula is C17H27NO2. The first-order chi connectivity index (χ1) is 9.70. The van der Waals surface area contributed by atoms with E-state index in [1.54, 1.807) is 0 Å². The van der Waals surface area contributed by atoms with Crippen LogP contribution in [0.15, 0.2) is 30.3 Å². The molecule has 1 aliphatic rings. The van der Waals surface area contributed by atoms with Gasteiger partial charge in [0.05, 0.1) is 12.7 Å². The smallest absolute Gasteiger partial charge is 0.0745 e. The minimum absolute atomic E-state index is 0.106. The Labute approximate surface area is 122 Å². The van der Waals surface area contributed by atoms with E-state index in [1.807, 2.05) is 6.07 Å². The van der Waals surface area contributed by atoms with Crippen LogP contribution >= 0.6 is 0 Å². The largest absolute Gasteiger partial charge is 0.396 e. The van der Waals surface area contributed by atoms with Crippen LogP contribution in [0.1, 0.15) is 31.7 Å². The summed E-state index contributed by atoms with van der Waals surface area (Å²) in [6, 6.07) is 10.5. The van der Waals surface area contributed by atoms with Crippen molar-refractivity contribution in [3.8, 4) is 0 Å². The van der Waals surface area contributed by atoms with E-state index in [0.717, 1.165) is 38.8 Å². The second-order valence-electron chi connectivity index (χ2n) is 6.07. The molecular weight excluding hydrogens is 250 g/mol. The van der Waals surface area contributed by atoms with Gasteiger partial charge in [0.2, 0.25) is 0 Å². The van der Waals surface area contributed by atoms with Crippen molar-refractivity contribution in [2.75, 3.05) is 26.2 Å². The van der Waals surface area contributed by atoms with Crippen LogP contribution in [0, 0.1) is 5.41 Å². The number of aliphatic hydroxyl groups excluding tert-OH is 2. The summed E-state index contributed by atoms with van der Waals surface area (Å²) < 4.78 is 0. The zero-order valence-corrected chi connectivity index (χ0v) is 12.5. The van der Waals surface area contributed by atoms with E-state index in [-0.39, 0.29) is 12.0 Å². The molecule has 0 amide bonds. The molecule has 1 aromatic rings. The van der Waals surface area contributed by atoms with Crippen molar-refractivity contribution in [3.05, 3.63) is 35.9 Å². The molecule has 0 unspecified atom stereocenters. The topological polar surface area (TPSA) is 43.7 Å². The van der Waals surface area contributed by atoms with Gasteiger partial charge in [-0.25, -0.2) is 0 Å². The van der Waals surface area contributed by atoms with Gasteiger partial charge in [0.15, 0.2) is 0 Å². The summed E-state index contributed by atoms with van der Waals surface area (Å²) in [6.45, 7) is 4.87. The molecule has 0 aromatic heterocycles. The molecule has 2 rings (SSSR count). The van der Waals surface area contributed by atoms with Gasteiger partial charge in [-0.2, -0.15) is 0 Å². The lowest BCUT2D eigenvalue weighted by Crippen LogP contribution is -2.53. The van der Waals surface area contributed by atoms with Crippen molar-refractivity contribution in [2.45, 2.75) is 38.7 Å². The number of hydrogen-bond acceptors (Lipinski definition) is 3. The molecule has 1 heterocycles. The van der Waals surface area contributed by atoms with Crippen molar-refractivity contribution in [3.63, 3.8) is 0 Å².